The van der Waals surface area contributed by atoms with Gasteiger partial charge in [-0.05, 0) is 19.0 Å². The van der Waals surface area contributed by atoms with E-state index in [1.807, 2.05) is 6.07 Å². The second-order valence-corrected chi connectivity index (χ2v) is 6.41. The van der Waals surface area contributed by atoms with E-state index < -0.39 is 0 Å². The summed E-state index contributed by atoms with van der Waals surface area (Å²) in [5.74, 6) is 1.54. The summed E-state index contributed by atoms with van der Waals surface area (Å²) in [6.07, 6.45) is 2.15. The monoisotopic (exact) mass is 322 g/mol. The van der Waals surface area contributed by atoms with Crippen molar-refractivity contribution in [3.05, 3.63) is 45.9 Å². The van der Waals surface area contributed by atoms with Crippen molar-refractivity contribution in [2.45, 2.75) is 25.3 Å². The molecule has 0 spiro atoms. The van der Waals surface area contributed by atoms with Crippen LogP contribution in [0.5, 0.6) is 5.75 Å². The Kier molecular flexibility index (Phi) is 5.12. The summed E-state index contributed by atoms with van der Waals surface area (Å²) >= 11 is 7.50. The molecule has 1 aliphatic heterocycles. The molecule has 0 atom stereocenters. The third kappa shape index (κ3) is 3.96. The van der Waals surface area contributed by atoms with Crippen LogP contribution in [0.25, 0.3) is 0 Å². The Morgan fingerprint density at radius 1 is 1.33 bits per heavy atom. The van der Waals surface area contributed by atoms with Crippen molar-refractivity contribution in [3.63, 3.8) is 0 Å². The van der Waals surface area contributed by atoms with Crippen LogP contribution in [0, 0.1) is 0 Å². The number of ether oxygens (including phenoxy) is 1. The van der Waals surface area contributed by atoms with E-state index >= 15 is 0 Å². The Balaban J connectivity index is 1.51. The average molecular weight is 323 g/mol. The molecular weight excluding hydrogens is 304 g/mol. The van der Waals surface area contributed by atoms with Crippen LogP contribution >= 0.6 is 22.9 Å². The lowest BCUT2D eigenvalue weighted by Gasteiger charge is -2.18. The SMILES string of the molecule is ClCc1csc(CCCN2CCOc3ccccc3C2)n1. The number of alkyl halides is 1. The number of para-hydroxylation sites is 1. The number of hydrogen-bond acceptors (Lipinski definition) is 4. The third-order valence-electron chi connectivity index (χ3n) is 3.63. The third-order valence-corrected chi connectivity index (χ3v) is 4.86. The topological polar surface area (TPSA) is 25.4 Å². The van der Waals surface area contributed by atoms with Gasteiger partial charge in [0.25, 0.3) is 0 Å². The van der Waals surface area contributed by atoms with Crippen LogP contribution in [0.15, 0.2) is 29.6 Å². The molecule has 0 bridgehead atoms. The molecule has 1 aliphatic rings. The first-order valence-electron chi connectivity index (χ1n) is 7.27. The van der Waals surface area contributed by atoms with Gasteiger partial charge in [-0.2, -0.15) is 0 Å². The number of nitrogens with zero attached hydrogens (tertiary/aromatic N) is 2. The molecule has 0 aliphatic carbocycles. The summed E-state index contributed by atoms with van der Waals surface area (Å²) in [5, 5.41) is 3.25. The normalized spacial score (nSPS) is 15.3. The van der Waals surface area contributed by atoms with Gasteiger partial charge in [-0.25, -0.2) is 4.98 Å². The summed E-state index contributed by atoms with van der Waals surface area (Å²) in [6, 6.07) is 8.32. The number of benzene rings is 1. The lowest BCUT2D eigenvalue weighted by atomic mass is 10.2. The van der Waals surface area contributed by atoms with E-state index in [9.17, 15) is 0 Å². The van der Waals surface area contributed by atoms with Crippen LogP contribution in [0.4, 0.5) is 0 Å². The number of aromatic nitrogens is 1. The second kappa shape index (κ2) is 7.25. The summed E-state index contributed by atoms with van der Waals surface area (Å²) in [5.41, 5.74) is 2.28. The largest absolute Gasteiger partial charge is 0.492 e. The molecule has 0 unspecified atom stereocenters. The predicted molar refractivity (Wildman–Crippen MR) is 87.2 cm³/mol. The van der Waals surface area contributed by atoms with Gasteiger partial charge in [0.05, 0.1) is 16.6 Å². The van der Waals surface area contributed by atoms with E-state index in [2.05, 4.69) is 33.5 Å². The molecule has 3 rings (SSSR count). The van der Waals surface area contributed by atoms with Gasteiger partial charge in [-0.3, -0.25) is 4.90 Å². The van der Waals surface area contributed by atoms with Crippen LogP contribution in [0.3, 0.4) is 0 Å². The van der Waals surface area contributed by atoms with Crippen LogP contribution in [-0.4, -0.2) is 29.6 Å². The molecule has 0 radical (unpaired) electrons. The highest BCUT2D eigenvalue weighted by molar-refractivity contribution is 7.09. The second-order valence-electron chi connectivity index (χ2n) is 5.20. The maximum Gasteiger partial charge on any atom is 0.123 e. The number of thiazole rings is 1. The van der Waals surface area contributed by atoms with Gasteiger partial charge in [0, 0.05) is 30.5 Å². The summed E-state index contributed by atoms with van der Waals surface area (Å²) in [4.78, 5) is 6.97. The minimum absolute atomic E-state index is 0.511. The van der Waals surface area contributed by atoms with Gasteiger partial charge in [0.1, 0.15) is 12.4 Å². The molecule has 112 valence electrons. The van der Waals surface area contributed by atoms with Crippen molar-refractivity contribution < 1.29 is 4.74 Å². The number of rotatable bonds is 5. The molecule has 0 saturated carbocycles. The highest BCUT2D eigenvalue weighted by Gasteiger charge is 2.14. The standard InChI is InChI=1S/C16H19ClN2OS/c17-10-14-12-21-16(18-14)6-3-7-19-8-9-20-15-5-2-1-4-13(15)11-19/h1-2,4-5,12H,3,6-11H2. The Bertz CT molecular complexity index is 587. The van der Waals surface area contributed by atoms with Crippen molar-refractivity contribution >= 4 is 22.9 Å². The van der Waals surface area contributed by atoms with Crippen LogP contribution in [-0.2, 0) is 18.8 Å². The molecule has 0 N–H and O–H groups in total. The maximum atomic E-state index is 5.79. The Morgan fingerprint density at radius 2 is 2.24 bits per heavy atom. The summed E-state index contributed by atoms with van der Waals surface area (Å²) in [6.45, 7) is 3.80. The molecule has 1 aromatic heterocycles. The molecule has 1 aromatic carbocycles. The van der Waals surface area contributed by atoms with Crippen molar-refractivity contribution in [2.75, 3.05) is 19.7 Å². The van der Waals surface area contributed by atoms with Gasteiger partial charge < -0.3 is 4.74 Å². The molecule has 2 heterocycles. The highest BCUT2D eigenvalue weighted by atomic mass is 35.5. The summed E-state index contributed by atoms with van der Waals surface area (Å²) in [7, 11) is 0. The fourth-order valence-corrected chi connectivity index (χ4v) is 3.62. The molecular formula is C16H19ClN2OS. The molecule has 3 nitrogen and oxygen atoms in total. The fraction of sp³-hybridized carbons (Fsp3) is 0.438. The van der Waals surface area contributed by atoms with E-state index in [0.717, 1.165) is 50.5 Å². The molecule has 21 heavy (non-hydrogen) atoms. The van der Waals surface area contributed by atoms with Crippen molar-refractivity contribution in [3.8, 4) is 5.75 Å². The number of halogens is 1. The number of fused-ring (bicyclic) bond motifs is 1. The van der Waals surface area contributed by atoms with Crippen LogP contribution < -0.4 is 4.74 Å². The van der Waals surface area contributed by atoms with Crippen molar-refractivity contribution in [2.24, 2.45) is 0 Å². The van der Waals surface area contributed by atoms with E-state index in [1.165, 1.54) is 10.6 Å². The minimum atomic E-state index is 0.511. The van der Waals surface area contributed by atoms with Gasteiger partial charge in [0.2, 0.25) is 0 Å². The Labute approximate surface area is 134 Å². The first-order valence-corrected chi connectivity index (χ1v) is 8.69. The van der Waals surface area contributed by atoms with E-state index in [4.69, 9.17) is 16.3 Å². The first kappa shape index (κ1) is 14.8. The van der Waals surface area contributed by atoms with Gasteiger partial charge in [-0.15, -0.1) is 22.9 Å². The smallest absolute Gasteiger partial charge is 0.123 e. The van der Waals surface area contributed by atoms with E-state index in [-0.39, 0.29) is 0 Å². The van der Waals surface area contributed by atoms with Crippen molar-refractivity contribution in [1.82, 2.24) is 9.88 Å². The predicted octanol–water partition coefficient (Wildman–Crippen LogP) is 3.71. The van der Waals surface area contributed by atoms with Gasteiger partial charge in [0.15, 0.2) is 0 Å². The Hall–Kier alpha value is -1.10. The quantitative estimate of drug-likeness (QED) is 0.785. The zero-order chi connectivity index (χ0) is 14.5. The minimum Gasteiger partial charge on any atom is -0.492 e. The van der Waals surface area contributed by atoms with E-state index in [0.29, 0.717) is 5.88 Å². The maximum absolute atomic E-state index is 5.79. The van der Waals surface area contributed by atoms with Crippen LogP contribution in [0.1, 0.15) is 22.7 Å². The molecule has 2 aromatic rings. The lowest BCUT2D eigenvalue weighted by molar-refractivity contribution is 0.224. The summed E-state index contributed by atoms with van der Waals surface area (Å²) < 4.78 is 5.79. The van der Waals surface area contributed by atoms with E-state index in [1.54, 1.807) is 11.3 Å². The molecule has 0 saturated heterocycles. The number of hydrogen-bond donors (Lipinski definition) is 0. The average Bonchev–Trinajstić information content (AvgIpc) is 2.86. The zero-order valence-electron chi connectivity index (χ0n) is 11.9. The highest BCUT2D eigenvalue weighted by Crippen LogP contribution is 2.22. The van der Waals surface area contributed by atoms with Crippen molar-refractivity contribution in [1.29, 1.82) is 0 Å². The molecule has 0 amide bonds. The molecule has 0 fully saturated rings. The lowest BCUT2D eigenvalue weighted by Crippen LogP contribution is -2.27. The fourth-order valence-electron chi connectivity index (χ4n) is 2.55. The van der Waals surface area contributed by atoms with Gasteiger partial charge >= 0.3 is 0 Å². The molecule has 5 heteroatoms. The first-order chi connectivity index (χ1) is 10.3. The van der Waals surface area contributed by atoms with Gasteiger partial charge in [-0.1, -0.05) is 18.2 Å². The zero-order valence-corrected chi connectivity index (χ0v) is 13.5. The number of aryl methyl sites for hydroxylation is 1. The Morgan fingerprint density at radius 3 is 3.10 bits per heavy atom. The van der Waals surface area contributed by atoms with Crippen LogP contribution in [0.2, 0.25) is 0 Å².